The van der Waals surface area contributed by atoms with Crippen LogP contribution >= 0.6 is 27.5 Å². The Hall–Kier alpha value is -0.0800. The summed E-state index contributed by atoms with van der Waals surface area (Å²) in [5.74, 6) is 0.336. The smallest absolute Gasteiger partial charge is 0.142 e. The van der Waals surface area contributed by atoms with Crippen molar-refractivity contribution in [1.82, 2.24) is 0 Å². The lowest BCUT2D eigenvalue weighted by Crippen LogP contribution is -2.17. The maximum Gasteiger partial charge on any atom is 0.142 e. The third-order valence-electron chi connectivity index (χ3n) is 3.26. The molecule has 0 saturated heterocycles. The van der Waals surface area contributed by atoms with Crippen LogP contribution < -0.4 is 0 Å². The summed E-state index contributed by atoms with van der Waals surface area (Å²) < 4.78 is 13.3. The van der Waals surface area contributed by atoms with E-state index in [0.717, 1.165) is 12.0 Å². The molecule has 0 spiro atoms. The van der Waals surface area contributed by atoms with Gasteiger partial charge in [-0.05, 0) is 36.8 Å². The second-order valence-corrected chi connectivity index (χ2v) is 6.22. The molecule has 2 rings (SSSR count). The Bertz CT molecular complexity index is 367. The third kappa shape index (κ3) is 2.98. The molecule has 88 valence electrons. The first-order valence-corrected chi connectivity index (χ1v) is 7.03. The van der Waals surface area contributed by atoms with Crippen LogP contribution in [0.4, 0.5) is 4.39 Å². The van der Waals surface area contributed by atoms with E-state index in [1.165, 1.54) is 31.7 Å². The maximum absolute atomic E-state index is 13.3. The van der Waals surface area contributed by atoms with E-state index in [4.69, 9.17) is 11.6 Å². The fourth-order valence-electron chi connectivity index (χ4n) is 2.43. The summed E-state index contributed by atoms with van der Waals surface area (Å²) in [6, 6.07) is 5.09. The Labute approximate surface area is 109 Å². The van der Waals surface area contributed by atoms with Gasteiger partial charge in [0.2, 0.25) is 0 Å². The first kappa shape index (κ1) is 12.4. The van der Waals surface area contributed by atoms with Crippen LogP contribution in [0.3, 0.4) is 0 Å². The van der Waals surface area contributed by atoms with Crippen molar-refractivity contribution in [3.8, 4) is 0 Å². The van der Waals surface area contributed by atoms with Crippen molar-refractivity contribution in [3.63, 3.8) is 0 Å². The lowest BCUT2D eigenvalue weighted by atomic mass is 9.85. The molecule has 0 nitrogen and oxygen atoms in total. The predicted molar refractivity (Wildman–Crippen MR) is 69.8 cm³/mol. The molecule has 2 atom stereocenters. The zero-order chi connectivity index (χ0) is 11.5. The second kappa shape index (κ2) is 5.50. The summed E-state index contributed by atoms with van der Waals surface area (Å²) in [5.41, 5.74) is 0.952. The van der Waals surface area contributed by atoms with Crippen molar-refractivity contribution in [2.24, 2.45) is 5.92 Å². The van der Waals surface area contributed by atoms with Gasteiger partial charge in [-0.25, -0.2) is 4.39 Å². The van der Waals surface area contributed by atoms with E-state index in [9.17, 15) is 4.39 Å². The highest BCUT2D eigenvalue weighted by Gasteiger charge is 2.21. The highest BCUT2D eigenvalue weighted by molar-refractivity contribution is 9.09. The number of rotatable bonds is 2. The molecule has 3 heteroatoms. The molecule has 1 aliphatic rings. The highest BCUT2D eigenvalue weighted by atomic mass is 79.9. The van der Waals surface area contributed by atoms with Gasteiger partial charge in [-0.1, -0.05) is 52.5 Å². The van der Waals surface area contributed by atoms with E-state index in [1.807, 2.05) is 6.07 Å². The lowest BCUT2D eigenvalue weighted by molar-refractivity contribution is 0.367. The molecule has 1 fully saturated rings. The molecule has 0 bridgehead atoms. The van der Waals surface area contributed by atoms with E-state index in [-0.39, 0.29) is 5.82 Å². The molecule has 0 radical (unpaired) electrons. The van der Waals surface area contributed by atoms with Crippen LogP contribution in [-0.4, -0.2) is 4.83 Å². The van der Waals surface area contributed by atoms with Crippen molar-refractivity contribution >= 4 is 27.5 Å². The fraction of sp³-hybridized carbons (Fsp3) is 0.538. The number of benzene rings is 1. The van der Waals surface area contributed by atoms with Crippen molar-refractivity contribution in [2.75, 3.05) is 0 Å². The molecule has 1 aromatic carbocycles. The van der Waals surface area contributed by atoms with E-state index >= 15 is 0 Å². The van der Waals surface area contributed by atoms with Crippen molar-refractivity contribution in [2.45, 2.75) is 36.9 Å². The average molecular weight is 306 g/mol. The monoisotopic (exact) mass is 304 g/mol. The van der Waals surface area contributed by atoms with E-state index in [1.54, 1.807) is 6.07 Å². The zero-order valence-corrected chi connectivity index (χ0v) is 11.4. The molecule has 1 aliphatic carbocycles. The summed E-state index contributed by atoms with van der Waals surface area (Å²) in [4.78, 5) is 0.624. The number of alkyl halides is 1. The largest absolute Gasteiger partial charge is 0.205 e. The topological polar surface area (TPSA) is 0 Å². The molecule has 1 saturated carbocycles. The van der Waals surface area contributed by atoms with Crippen LogP contribution in [0.15, 0.2) is 18.2 Å². The summed E-state index contributed by atoms with van der Waals surface area (Å²) >= 11 is 9.63. The molecular formula is C13H15BrClF. The first-order valence-electron chi connectivity index (χ1n) is 5.73. The van der Waals surface area contributed by atoms with Crippen LogP contribution in [0.2, 0.25) is 5.02 Å². The minimum atomic E-state index is -0.301. The van der Waals surface area contributed by atoms with Gasteiger partial charge in [-0.2, -0.15) is 0 Å². The Morgan fingerprint density at radius 2 is 2.19 bits per heavy atom. The molecule has 1 aromatic rings. The van der Waals surface area contributed by atoms with Crippen molar-refractivity contribution in [1.29, 1.82) is 0 Å². The summed E-state index contributed by atoms with van der Waals surface area (Å²) in [5, 5.41) is 0.305. The molecule has 16 heavy (non-hydrogen) atoms. The van der Waals surface area contributed by atoms with Crippen molar-refractivity contribution < 1.29 is 4.39 Å². The van der Waals surface area contributed by atoms with E-state index in [2.05, 4.69) is 15.9 Å². The molecule has 0 aromatic heterocycles. The summed E-state index contributed by atoms with van der Waals surface area (Å²) in [7, 11) is 0. The average Bonchev–Trinajstić information content (AvgIpc) is 2.25. The zero-order valence-electron chi connectivity index (χ0n) is 9.06. The normalized spacial score (nSPS) is 25.7. The maximum atomic E-state index is 13.3. The number of hydrogen-bond donors (Lipinski definition) is 0. The molecule has 0 heterocycles. The fourth-order valence-corrected chi connectivity index (χ4v) is 3.48. The Morgan fingerprint density at radius 1 is 1.38 bits per heavy atom. The van der Waals surface area contributed by atoms with Gasteiger partial charge in [0.25, 0.3) is 0 Å². The van der Waals surface area contributed by atoms with Crippen LogP contribution in [0, 0.1) is 11.7 Å². The molecule has 0 amide bonds. The predicted octanol–water partition coefficient (Wildman–Crippen LogP) is 4.98. The summed E-state index contributed by atoms with van der Waals surface area (Å²) in [6.45, 7) is 0. The number of hydrogen-bond acceptors (Lipinski definition) is 0. The Balaban J connectivity index is 2.05. The van der Waals surface area contributed by atoms with Gasteiger partial charge in [0.05, 0.1) is 5.02 Å². The van der Waals surface area contributed by atoms with Crippen LogP contribution in [0.1, 0.15) is 31.2 Å². The molecule has 2 unspecified atom stereocenters. The standard InChI is InChI=1S/C13H15BrClF/c14-11-5-1-3-9(8-11)7-10-4-2-6-12(16)13(10)15/h2,4,6,9,11H,1,3,5,7-8H2. The highest BCUT2D eigenvalue weighted by Crippen LogP contribution is 2.33. The van der Waals surface area contributed by atoms with Gasteiger partial charge in [-0.15, -0.1) is 0 Å². The SMILES string of the molecule is Fc1cccc(CC2CCCC(Br)C2)c1Cl. The minimum absolute atomic E-state index is 0.301. The second-order valence-electron chi connectivity index (χ2n) is 4.55. The molecule has 0 aliphatic heterocycles. The molecule has 0 N–H and O–H groups in total. The van der Waals surface area contributed by atoms with Gasteiger partial charge in [0.15, 0.2) is 0 Å². The van der Waals surface area contributed by atoms with Gasteiger partial charge >= 0.3 is 0 Å². The van der Waals surface area contributed by atoms with Crippen LogP contribution in [0.5, 0.6) is 0 Å². The van der Waals surface area contributed by atoms with Crippen LogP contribution in [-0.2, 0) is 6.42 Å². The van der Waals surface area contributed by atoms with E-state index < -0.39 is 0 Å². The molecular weight excluding hydrogens is 290 g/mol. The Morgan fingerprint density at radius 3 is 2.94 bits per heavy atom. The first-order chi connectivity index (χ1) is 7.66. The lowest BCUT2D eigenvalue weighted by Gasteiger charge is -2.25. The number of halogens is 3. The van der Waals surface area contributed by atoms with Crippen molar-refractivity contribution in [3.05, 3.63) is 34.6 Å². The van der Waals surface area contributed by atoms with Crippen LogP contribution in [0.25, 0.3) is 0 Å². The van der Waals surface area contributed by atoms with Gasteiger partial charge in [0, 0.05) is 4.83 Å². The summed E-state index contributed by atoms with van der Waals surface area (Å²) in [6.07, 6.45) is 5.82. The van der Waals surface area contributed by atoms with Gasteiger partial charge in [-0.3, -0.25) is 0 Å². The third-order valence-corrected chi connectivity index (χ3v) is 4.51. The Kier molecular flexibility index (Phi) is 4.26. The van der Waals surface area contributed by atoms with Gasteiger partial charge < -0.3 is 0 Å². The van der Waals surface area contributed by atoms with E-state index in [0.29, 0.717) is 15.8 Å². The van der Waals surface area contributed by atoms with Gasteiger partial charge in [0.1, 0.15) is 5.82 Å². The minimum Gasteiger partial charge on any atom is -0.205 e. The quantitative estimate of drug-likeness (QED) is 0.676.